The lowest BCUT2D eigenvalue weighted by molar-refractivity contribution is -0.132. The second kappa shape index (κ2) is 7.91. The van der Waals surface area contributed by atoms with Crippen LogP contribution in [0.1, 0.15) is 30.7 Å². The number of benzene rings is 1. The molecule has 26 heavy (non-hydrogen) atoms. The summed E-state index contributed by atoms with van der Waals surface area (Å²) in [6, 6.07) is 11.5. The van der Waals surface area contributed by atoms with Gasteiger partial charge >= 0.3 is 0 Å². The zero-order chi connectivity index (χ0) is 18.6. The topological polar surface area (TPSA) is 67.6 Å². The highest BCUT2D eigenvalue weighted by Crippen LogP contribution is 2.24. The molecule has 1 amide bonds. The van der Waals surface area contributed by atoms with Crippen molar-refractivity contribution in [3.8, 4) is 5.75 Å². The van der Waals surface area contributed by atoms with Crippen LogP contribution in [0.5, 0.6) is 5.75 Å². The molecule has 1 aliphatic heterocycles. The summed E-state index contributed by atoms with van der Waals surface area (Å²) < 4.78 is 7.49. The van der Waals surface area contributed by atoms with Crippen molar-refractivity contribution in [1.29, 1.82) is 0 Å². The van der Waals surface area contributed by atoms with Crippen LogP contribution < -0.4 is 4.74 Å². The van der Waals surface area contributed by atoms with Gasteiger partial charge in [-0.15, -0.1) is 0 Å². The summed E-state index contributed by atoms with van der Waals surface area (Å²) in [6.45, 7) is 5.57. The zero-order valence-corrected chi connectivity index (χ0v) is 15.5. The number of hydrogen-bond acceptors (Lipinski definition) is 4. The minimum atomic E-state index is -0.900. The van der Waals surface area contributed by atoms with Crippen LogP contribution in [0, 0.1) is 13.8 Å². The van der Waals surface area contributed by atoms with Gasteiger partial charge in [-0.2, -0.15) is 5.10 Å². The van der Waals surface area contributed by atoms with Gasteiger partial charge in [-0.3, -0.25) is 9.48 Å². The largest absolute Gasteiger partial charge is 0.491 e. The average Bonchev–Trinajstić information content (AvgIpc) is 2.82. The highest BCUT2D eigenvalue weighted by atomic mass is 16.5. The Morgan fingerprint density at radius 2 is 2.00 bits per heavy atom. The smallest absolute Gasteiger partial charge is 0.244 e. The van der Waals surface area contributed by atoms with Gasteiger partial charge in [0, 0.05) is 18.8 Å². The predicted octanol–water partition coefficient (Wildman–Crippen LogP) is 2.32. The lowest BCUT2D eigenvalue weighted by Gasteiger charge is -2.27. The molecule has 0 aliphatic carbocycles. The first-order chi connectivity index (χ1) is 12.5. The summed E-state index contributed by atoms with van der Waals surface area (Å²) in [6.07, 6.45) is 1.91. The Balaban J connectivity index is 1.55. The number of aryl methyl sites for hydroxylation is 2. The Morgan fingerprint density at radius 3 is 2.69 bits per heavy atom. The maximum atomic E-state index is 12.6. The maximum Gasteiger partial charge on any atom is 0.244 e. The molecule has 0 saturated carbocycles. The van der Waals surface area contributed by atoms with Crippen LogP contribution in [0.2, 0.25) is 0 Å². The molecule has 1 saturated heterocycles. The summed E-state index contributed by atoms with van der Waals surface area (Å²) in [7, 11) is 0. The first-order valence-electron chi connectivity index (χ1n) is 9.14. The van der Waals surface area contributed by atoms with E-state index in [2.05, 4.69) is 5.10 Å². The maximum absolute atomic E-state index is 12.6. The highest BCUT2D eigenvalue weighted by molar-refractivity contribution is 5.76. The van der Waals surface area contributed by atoms with Crippen LogP contribution in [-0.2, 0) is 11.3 Å². The van der Waals surface area contributed by atoms with E-state index in [-0.39, 0.29) is 19.1 Å². The molecule has 0 bridgehead atoms. The fraction of sp³-hybridized carbons (Fsp3) is 0.500. The Kier molecular flexibility index (Phi) is 5.61. The lowest BCUT2D eigenvalue weighted by atomic mass is 9.96. The summed E-state index contributed by atoms with van der Waals surface area (Å²) in [5.74, 6) is 0.798. The monoisotopic (exact) mass is 357 g/mol. The van der Waals surface area contributed by atoms with E-state index in [9.17, 15) is 9.90 Å². The van der Waals surface area contributed by atoms with Gasteiger partial charge in [0.15, 0.2) is 0 Å². The molecule has 1 fully saturated rings. The molecule has 1 unspecified atom stereocenters. The van der Waals surface area contributed by atoms with Gasteiger partial charge < -0.3 is 14.7 Å². The van der Waals surface area contributed by atoms with Crippen molar-refractivity contribution < 1.29 is 14.6 Å². The Labute approximate surface area is 154 Å². The molecule has 0 radical (unpaired) electrons. The molecule has 1 aromatic carbocycles. The molecular formula is C20H27N3O3. The third kappa shape index (κ3) is 4.64. The number of ether oxygens (including phenoxy) is 1. The summed E-state index contributed by atoms with van der Waals surface area (Å²) in [5, 5.41) is 15.2. The van der Waals surface area contributed by atoms with Crippen molar-refractivity contribution >= 4 is 5.91 Å². The summed E-state index contributed by atoms with van der Waals surface area (Å²) in [5.41, 5.74) is 1.00. The number of carbonyl (C=O) groups excluding carboxylic acids is 1. The van der Waals surface area contributed by atoms with Crippen molar-refractivity contribution in [2.75, 3.05) is 19.7 Å². The Morgan fingerprint density at radius 1 is 1.23 bits per heavy atom. The van der Waals surface area contributed by atoms with Gasteiger partial charge in [0.1, 0.15) is 24.5 Å². The van der Waals surface area contributed by atoms with Crippen molar-refractivity contribution in [3.63, 3.8) is 0 Å². The molecule has 6 heteroatoms. The number of aliphatic hydroxyl groups is 1. The molecular weight excluding hydrogens is 330 g/mol. The normalized spacial score (nSPS) is 20.7. The number of nitrogens with zero attached hydrogens (tertiary/aromatic N) is 3. The first-order valence-corrected chi connectivity index (χ1v) is 9.14. The molecule has 2 heterocycles. The molecule has 2 aromatic rings. The number of carbonyl (C=O) groups is 1. The molecule has 3 rings (SSSR count). The van der Waals surface area contributed by atoms with Crippen molar-refractivity contribution in [2.24, 2.45) is 0 Å². The van der Waals surface area contributed by atoms with Gasteiger partial charge in [0.05, 0.1) is 5.69 Å². The number of amides is 1. The van der Waals surface area contributed by atoms with E-state index in [1.54, 1.807) is 4.68 Å². The van der Waals surface area contributed by atoms with Crippen LogP contribution >= 0.6 is 0 Å². The third-order valence-corrected chi connectivity index (χ3v) is 4.91. The second-order valence-electron chi connectivity index (χ2n) is 7.15. The molecule has 0 spiro atoms. The van der Waals surface area contributed by atoms with Gasteiger partial charge in [0.25, 0.3) is 0 Å². The summed E-state index contributed by atoms with van der Waals surface area (Å²) in [4.78, 5) is 14.5. The number of para-hydroxylation sites is 1. The molecule has 1 N–H and O–H groups in total. The number of hydrogen-bond donors (Lipinski definition) is 1. The SMILES string of the molecule is Cc1cc(C)n(CC(=O)N2CCCC(O)(COc3ccccc3)CC2)n1. The minimum Gasteiger partial charge on any atom is -0.491 e. The quantitative estimate of drug-likeness (QED) is 0.892. The molecule has 140 valence electrons. The van der Waals surface area contributed by atoms with Gasteiger partial charge in [-0.25, -0.2) is 0 Å². The van der Waals surface area contributed by atoms with Crippen molar-refractivity contribution in [1.82, 2.24) is 14.7 Å². The van der Waals surface area contributed by atoms with E-state index in [1.165, 1.54) is 0 Å². The van der Waals surface area contributed by atoms with Gasteiger partial charge in [-0.1, -0.05) is 18.2 Å². The van der Waals surface area contributed by atoms with Gasteiger partial charge in [-0.05, 0) is 51.3 Å². The Bertz CT molecular complexity index is 744. The van der Waals surface area contributed by atoms with Crippen LogP contribution in [-0.4, -0.2) is 51.0 Å². The van der Waals surface area contributed by atoms with Crippen molar-refractivity contribution in [3.05, 3.63) is 47.8 Å². The highest BCUT2D eigenvalue weighted by Gasteiger charge is 2.32. The molecule has 1 aromatic heterocycles. The standard InChI is InChI=1S/C20H27N3O3/c1-16-13-17(2)23(21-16)14-19(24)22-11-6-9-20(25,10-12-22)15-26-18-7-4-3-5-8-18/h3-5,7-8,13,25H,6,9-12,14-15H2,1-2H3. The summed E-state index contributed by atoms with van der Waals surface area (Å²) >= 11 is 0. The second-order valence-corrected chi connectivity index (χ2v) is 7.15. The zero-order valence-electron chi connectivity index (χ0n) is 15.5. The fourth-order valence-electron chi connectivity index (χ4n) is 3.37. The van der Waals surface area contributed by atoms with Crippen LogP contribution in [0.4, 0.5) is 0 Å². The van der Waals surface area contributed by atoms with E-state index in [1.807, 2.05) is 55.1 Å². The van der Waals surface area contributed by atoms with Crippen LogP contribution in [0.25, 0.3) is 0 Å². The van der Waals surface area contributed by atoms with Gasteiger partial charge in [0.2, 0.25) is 5.91 Å². The van der Waals surface area contributed by atoms with Crippen LogP contribution in [0.15, 0.2) is 36.4 Å². The predicted molar refractivity (Wildman–Crippen MR) is 99.0 cm³/mol. The molecule has 6 nitrogen and oxygen atoms in total. The van der Waals surface area contributed by atoms with E-state index in [4.69, 9.17) is 4.74 Å². The number of likely N-dealkylation sites (tertiary alicyclic amines) is 1. The van der Waals surface area contributed by atoms with E-state index in [0.29, 0.717) is 25.9 Å². The third-order valence-electron chi connectivity index (χ3n) is 4.91. The lowest BCUT2D eigenvalue weighted by Crippen LogP contribution is -2.39. The van der Waals surface area contributed by atoms with Crippen molar-refractivity contribution in [2.45, 2.75) is 45.3 Å². The first kappa shape index (κ1) is 18.5. The fourth-order valence-corrected chi connectivity index (χ4v) is 3.37. The van der Waals surface area contributed by atoms with E-state index in [0.717, 1.165) is 23.6 Å². The number of rotatable bonds is 5. The minimum absolute atomic E-state index is 0.0458. The average molecular weight is 357 g/mol. The number of aromatic nitrogens is 2. The molecule has 1 aliphatic rings. The van der Waals surface area contributed by atoms with E-state index < -0.39 is 5.60 Å². The van der Waals surface area contributed by atoms with Crippen LogP contribution in [0.3, 0.4) is 0 Å². The Hall–Kier alpha value is -2.34. The molecule has 1 atom stereocenters. The van der Waals surface area contributed by atoms with E-state index >= 15 is 0 Å².